The van der Waals surface area contributed by atoms with Crippen molar-refractivity contribution in [3.05, 3.63) is 22.8 Å². The number of carbonyl (C=O) groups is 1. The van der Waals surface area contributed by atoms with Crippen LogP contribution in [0.2, 0.25) is 5.15 Å². The zero-order valence-corrected chi connectivity index (χ0v) is 12.3. The molecule has 1 aliphatic rings. The first kappa shape index (κ1) is 16.8. The van der Waals surface area contributed by atoms with E-state index in [-0.39, 0.29) is 17.5 Å². The van der Waals surface area contributed by atoms with Gasteiger partial charge in [-0.15, -0.1) is 5.17 Å². The van der Waals surface area contributed by atoms with E-state index in [2.05, 4.69) is 9.82 Å². The van der Waals surface area contributed by atoms with Gasteiger partial charge in [0.15, 0.2) is 5.82 Å². The molecular weight excluding hydrogens is 327 g/mol. The maximum absolute atomic E-state index is 12.4. The lowest BCUT2D eigenvalue weighted by molar-refractivity contribution is -0.206. The Morgan fingerprint density at radius 1 is 1.45 bits per heavy atom. The van der Waals surface area contributed by atoms with Gasteiger partial charge in [-0.2, -0.15) is 18.2 Å². The first-order valence-electron chi connectivity index (χ1n) is 6.31. The molecule has 0 amide bonds. The molecule has 0 unspecified atom stereocenters. The Hall–Kier alpha value is -1.58. The summed E-state index contributed by atoms with van der Waals surface area (Å²) < 4.78 is 42.1. The number of rotatable bonds is 5. The lowest BCUT2D eigenvalue weighted by atomic mass is 10.3. The van der Waals surface area contributed by atoms with E-state index in [4.69, 9.17) is 16.3 Å². The topological polar surface area (TPSA) is 54.9 Å². The van der Waals surface area contributed by atoms with Gasteiger partial charge < -0.3 is 9.57 Å². The average Bonchev–Trinajstić information content (AvgIpc) is 2.76. The summed E-state index contributed by atoms with van der Waals surface area (Å²) in [4.78, 5) is 19.4. The number of hydrogen-bond donors (Lipinski definition) is 0. The molecule has 10 heteroatoms. The maximum atomic E-state index is 12.4. The van der Waals surface area contributed by atoms with E-state index < -0.39 is 12.1 Å². The molecule has 0 aliphatic carbocycles. The maximum Gasteiger partial charge on any atom is 0.493 e. The van der Waals surface area contributed by atoms with Crippen LogP contribution in [0.15, 0.2) is 12.1 Å². The number of hydrogen-bond acceptors (Lipinski definition) is 6. The van der Waals surface area contributed by atoms with E-state index in [0.717, 1.165) is 5.17 Å². The van der Waals surface area contributed by atoms with Crippen molar-refractivity contribution < 1.29 is 27.5 Å². The number of aromatic nitrogens is 1. The third-order valence-electron chi connectivity index (χ3n) is 2.88. The molecule has 0 aromatic carbocycles. The number of halogens is 4. The first-order valence-corrected chi connectivity index (χ1v) is 6.69. The molecule has 0 spiro atoms. The number of anilines is 1. The molecular formula is C12H13ClF3N3O3. The van der Waals surface area contributed by atoms with E-state index in [1.54, 1.807) is 6.07 Å². The van der Waals surface area contributed by atoms with Gasteiger partial charge in [-0.3, -0.25) is 0 Å². The van der Waals surface area contributed by atoms with Crippen LogP contribution in [-0.2, 0) is 20.9 Å². The monoisotopic (exact) mass is 339 g/mol. The van der Waals surface area contributed by atoms with Gasteiger partial charge in [0.1, 0.15) is 5.15 Å². The standard InChI is InChI=1S/C12H13ClF3N3O3/c1-21-6-2-5-18-7-8-3-4-9(13)17-10(8)19(18)22-11(20)12(14,15)16/h3-4H,2,5-7H2,1H3. The summed E-state index contributed by atoms with van der Waals surface area (Å²) in [5.41, 5.74) is 0.608. The number of alkyl halides is 3. The van der Waals surface area contributed by atoms with Gasteiger partial charge in [-0.1, -0.05) is 17.7 Å². The van der Waals surface area contributed by atoms with Crippen LogP contribution in [0.25, 0.3) is 0 Å². The van der Waals surface area contributed by atoms with Crippen molar-refractivity contribution >= 4 is 23.4 Å². The van der Waals surface area contributed by atoms with Crippen molar-refractivity contribution in [1.29, 1.82) is 0 Å². The molecule has 1 aromatic rings. The van der Waals surface area contributed by atoms with Crippen LogP contribution < -0.4 is 5.17 Å². The Labute approximate surface area is 129 Å². The van der Waals surface area contributed by atoms with Gasteiger partial charge >= 0.3 is 12.1 Å². The fraction of sp³-hybridized carbons (Fsp3) is 0.500. The van der Waals surface area contributed by atoms with Crippen molar-refractivity contribution in [1.82, 2.24) is 9.99 Å². The van der Waals surface area contributed by atoms with Crippen LogP contribution in [0.5, 0.6) is 0 Å². The van der Waals surface area contributed by atoms with Crippen molar-refractivity contribution in [3.8, 4) is 0 Å². The van der Waals surface area contributed by atoms with Crippen molar-refractivity contribution in [2.45, 2.75) is 19.1 Å². The second-order valence-electron chi connectivity index (χ2n) is 4.50. The lowest BCUT2D eigenvalue weighted by Gasteiger charge is -2.27. The van der Waals surface area contributed by atoms with Gasteiger partial charge in [0.05, 0.1) is 6.54 Å². The molecule has 0 saturated carbocycles. The fourth-order valence-electron chi connectivity index (χ4n) is 1.93. The third kappa shape index (κ3) is 3.79. The molecule has 0 radical (unpaired) electrons. The molecule has 22 heavy (non-hydrogen) atoms. The normalized spacial score (nSPS) is 15.0. The molecule has 0 atom stereocenters. The van der Waals surface area contributed by atoms with Crippen molar-refractivity contribution in [3.63, 3.8) is 0 Å². The van der Waals surface area contributed by atoms with E-state index in [0.29, 0.717) is 25.1 Å². The summed E-state index contributed by atoms with van der Waals surface area (Å²) in [6, 6.07) is 3.14. The summed E-state index contributed by atoms with van der Waals surface area (Å²) in [7, 11) is 1.52. The van der Waals surface area contributed by atoms with E-state index >= 15 is 0 Å². The van der Waals surface area contributed by atoms with Crippen LogP contribution in [0.4, 0.5) is 19.0 Å². The quantitative estimate of drug-likeness (QED) is 0.606. The van der Waals surface area contributed by atoms with Crippen LogP contribution in [0, 0.1) is 0 Å². The van der Waals surface area contributed by atoms with E-state index in [1.165, 1.54) is 18.2 Å². The molecule has 122 valence electrons. The number of methoxy groups -OCH3 is 1. The molecule has 1 aliphatic heterocycles. The number of carbonyl (C=O) groups excluding carboxylic acids is 1. The van der Waals surface area contributed by atoms with Crippen LogP contribution >= 0.6 is 11.6 Å². The molecule has 1 aromatic heterocycles. The van der Waals surface area contributed by atoms with E-state index in [9.17, 15) is 18.0 Å². The second kappa shape index (κ2) is 6.67. The van der Waals surface area contributed by atoms with Crippen LogP contribution in [0.3, 0.4) is 0 Å². The molecule has 6 nitrogen and oxygen atoms in total. The Bertz CT molecular complexity index is 556. The second-order valence-corrected chi connectivity index (χ2v) is 4.89. The number of hydrazine groups is 1. The van der Waals surface area contributed by atoms with Gasteiger partial charge in [0.2, 0.25) is 0 Å². The SMILES string of the molecule is COCCCN1Cc2ccc(Cl)nc2N1OC(=O)C(F)(F)F. The minimum atomic E-state index is -5.10. The van der Waals surface area contributed by atoms with Gasteiger partial charge in [0.25, 0.3) is 0 Å². The molecule has 0 bridgehead atoms. The predicted octanol–water partition coefficient (Wildman–Crippen LogP) is 2.33. The Morgan fingerprint density at radius 3 is 2.82 bits per heavy atom. The van der Waals surface area contributed by atoms with Crippen LogP contribution in [0.1, 0.15) is 12.0 Å². The highest BCUT2D eigenvalue weighted by molar-refractivity contribution is 6.29. The largest absolute Gasteiger partial charge is 0.493 e. The van der Waals surface area contributed by atoms with Crippen molar-refractivity contribution in [2.75, 3.05) is 25.4 Å². The average molecular weight is 340 g/mol. The van der Waals surface area contributed by atoms with Gasteiger partial charge in [-0.25, -0.2) is 9.78 Å². The highest BCUT2D eigenvalue weighted by atomic mass is 35.5. The smallest absolute Gasteiger partial charge is 0.385 e. The minimum Gasteiger partial charge on any atom is -0.385 e. The fourth-order valence-corrected chi connectivity index (χ4v) is 2.07. The molecule has 0 saturated heterocycles. The Balaban J connectivity index is 2.19. The van der Waals surface area contributed by atoms with Crippen molar-refractivity contribution in [2.24, 2.45) is 0 Å². The third-order valence-corrected chi connectivity index (χ3v) is 3.09. The summed E-state index contributed by atoms with van der Waals surface area (Å²) in [5.74, 6) is -2.25. The Kier molecular flexibility index (Phi) is 5.09. The lowest BCUT2D eigenvalue weighted by Crippen LogP contribution is -2.43. The summed E-state index contributed by atoms with van der Waals surface area (Å²) in [6.07, 6.45) is -4.56. The zero-order chi connectivity index (χ0) is 16.3. The van der Waals surface area contributed by atoms with Gasteiger partial charge in [0, 0.05) is 25.8 Å². The summed E-state index contributed by atoms with van der Waals surface area (Å²) in [6.45, 7) is 1.00. The molecule has 0 fully saturated rings. The predicted molar refractivity (Wildman–Crippen MR) is 70.8 cm³/mol. The number of ether oxygens (including phenoxy) is 1. The molecule has 2 rings (SSSR count). The summed E-state index contributed by atoms with van der Waals surface area (Å²) in [5, 5.41) is 2.26. The number of fused-ring (bicyclic) bond motifs is 1. The first-order chi connectivity index (χ1) is 10.3. The number of pyridine rings is 1. The highest BCUT2D eigenvalue weighted by Crippen LogP contribution is 2.32. The van der Waals surface area contributed by atoms with Crippen LogP contribution in [-0.4, -0.2) is 42.4 Å². The van der Waals surface area contributed by atoms with Gasteiger partial charge in [-0.05, 0) is 12.5 Å². The zero-order valence-electron chi connectivity index (χ0n) is 11.6. The number of nitrogens with zero attached hydrogens (tertiary/aromatic N) is 3. The summed E-state index contributed by atoms with van der Waals surface area (Å²) >= 11 is 5.75. The van der Waals surface area contributed by atoms with E-state index in [1.807, 2.05) is 0 Å². The molecule has 2 heterocycles. The minimum absolute atomic E-state index is 0.0718. The Morgan fingerprint density at radius 2 is 2.18 bits per heavy atom. The molecule has 0 N–H and O–H groups in total. The highest BCUT2D eigenvalue weighted by Gasteiger charge is 2.45.